The van der Waals surface area contributed by atoms with Crippen LogP contribution in [0.2, 0.25) is 0 Å². The van der Waals surface area contributed by atoms with Gasteiger partial charge in [-0.15, -0.1) is 11.3 Å². The Morgan fingerprint density at radius 2 is 2.43 bits per heavy atom. The molecular formula is C8H11N5S. The van der Waals surface area contributed by atoms with E-state index in [4.69, 9.17) is 0 Å². The first-order chi connectivity index (χ1) is 6.81. The monoisotopic (exact) mass is 209 g/mol. The smallest absolute Gasteiger partial charge is 0.147 e. The summed E-state index contributed by atoms with van der Waals surface area (Å²) < 4.78 is 0. The van der Waals surface area contributed by atoms with Crippen molar-refractivity contribution in [1.82, 2.24) is 25.5 Å². The Balaban J connectivity index is 2.31. The van der Waals surface area contributed by atoms with E-state index in [2.05, 4.69) is 25.5 Å². The number of nitrogens with one attached hydrogen (secondary N) is 2. The highest BCUT2D eigenvalue weighted by Crippen LogP contribution is 2.19. The summed E-state index contributed by atoms with van der Waals surface area (Å²) in [5.41, 5.74) is 0.978. The van der Waals surface area contributed by atoms with Crippen molar-refractivity contribution in [2.24, 2.45) is 0 Å². The Labute approximate surface area is 85.6 Å². The van der Waals surface area contributed by atoms with Crippen molar-refractivity contribution in [2.45, 2.75) is 13.0 Å². The lowest BCUT2D eigenvalue weighted by Gasteiger charge is -2.09. The van der Waals surface area contributed by atoms with Crippen LogP contribution < -0.4 is 5.32 Å². The molecule has 0 aliphatic heterocycles. The minimum Gasteiger partial charge on any atom is -0.305 e. The van der Waals surface area contributed by atoms with Gasteiger partial charge < -0.3 is 5.32 Å². The maximum atomic E-state index is 4.41. The number of thiazole rings is 1. The van der Waals surface area contributed by atoms with E-state index in [1.54, 1.807) is 11.3 Å². The lowest BCUT2D eigenvalue weighted by atomic mass is 10.2. The molecule has 0 radical (unpaired) electrons. The molecule has 2 N–H and O–H groups in total. The van der Waals surface area contributed by atoms with Crippen LogP contribution in [0.5, 0.6) is 0 Å². The number of aryl methyl sites for hydroxylation is 1. The fourth-order valence-corrected chi connectivity index (χ4v) is 1.93. The van der Waals surface area contributed by atoms with Crippen molar-refractivity contribution < 1.29 is 0 Å². The number of H-pyrrole nitrogens is 1. The molecule has 0 bridgehead atoms. The summed E-state index contributed by atoms with van der Waals surface area (Å²) in [4.78, 5) is 8.51. The maximum Gasteiger partial charge on any atom is 0.147 e. The number of hydrogen-bond donors (Lipinski definition) is 2. The second-order valence-corrected chi connectivity index (χ2v) is 3.95. The van der Waals surface area contributed by atoms with Gasteiger partial charge in [-0.3, -0.25) is 5.10 Å². The van der Waals surface area contributed by atoms with Gasteiger partial charge in [0.25, 0.3) is 0 Å². The molecule has 14 heavy (non-hydrogen) atoms. The molecule has 0 fully saturated rings. The highest BCUT2D eigenvalue weighted by Gasteiger charge is 2.16. The molecule has 0 saturated carbocycles. The highest BCUT2D eigenvalue weighted by atomic mass is 32.1. The van der Waals surface area contributed by atoms with E-state index >= 15 is 0 Å². The molecule has 0 aliphatic carbocycles. The van der Waals surface area contributed by atoms with Gasteiger partial charge >= 0.3 is 0 Å². The van der Waals surface area contributed by atoms with Crippen molar-refractivity contribution >= 4 is 11.3 Å². The first kappa shape index (κ1) is 9.29. The van der Waals surface area contributed by atoms with Crippen LogP contribution in [0.1, 0.15) is 22.6 Å². The van der Waals surface area contributed by atoms with Gasteiger partial charge in [-0.05, 0) is 14.0 Å². The van der Waals surface area contributed by atoms with Gasteiger partial charge in [-0.2, -0.15) is 5.10 Å². The Kier molecular flexibility index (Phi) is 2.55. The molecule has 2 rings (SSSR count). The van der Waals surface area contributed by atoms with Gasteiger partial charge in [0, 0.05) is 5.38 Å². The van der Waals surface area contributed by atoms with Crippen molar-refractivity contribution in [3.05, 3.63) is 28.2 Å². The van der Waals surface area contributed by atoms with Crippen molar-refractivity contribution in [3.63, 3.8) is 0 Å². The molecule has 0 amide bonds. The predicted octanol–water partition coefficient (Wildman–Crippen LogP) is 0.878. The van der Waals surface area contributed by atoms with E-state index < -0.39 is 0 Å². The van der Waals surface area contributed by atoms with Crippen LogP contribution in [-0.2, 0) is 0 Å². The van der Waals surface area contributed by atoms with Crippen LogP contribution in [0, 0.1) is 6.92 Å². The first-order valence-corrected chi connectivity index (χ1v) is 5.14. The molecule has 2 aromatic heterocycles. The van der Waals surface area contributed by atoms with Crippen LogP contribution in [0.25, 0.3) is 0 Å². The Morgan fingerprint density at radius 1 is 1.57 bits per heavy atom. The zero-order chi connectivity index (χ0) is 9.97. The van der Waals surface area contributed by atoms with Crippen LogP contribution >= 0.6 is 11.3 Å². The van der Waals surface area contributed by atoms with E-state index in [9.17, 15) is 0 Å². The highest BCUT2D eigenvalue weighted by molar-refractivity contribution is 7.09. The third kappa shape index (κ3) is 1.66. The van der Waals surface area contributed by atoms with Crippen LogP contribution in [0.3, 0.4) is 0 Å². The Hall–Kier alpha value is -1.27. The predicted molar refractivity (Wildman–Crippen MR) is 54.1 cm³/mol. The number of aromatic amines is 1. The molecule has 6 heteroatoms. The first-order valence-electron chi connectivity index (χ1n) is 4.26. The summed E-state index contributed by atoms with van der Waals surface area (Å²) in [6, 6.07) is 0.00227. The number of rotatable bonds is 3. The van der Waals surface area contributed by atoms with Crippen molar-refractivity contribution in [2.75, 3.05) is 7.05 Å². The number of hydrogen-bond acceptors (Lipinski definition) is 5. The standard InChI is InChI=1S/C8H11N5S/c1-5-12-6(3-14-5)7(9-2)8-10-4-11-13-8/h3-4,7,9H,1-2H3,(H,10,11,13). The van der Waals surface area contributed by atoms with E-state index in [0.717, 1.165) is 16.5 Å². The van der Waals surface area contributed by atoms with Gasteiger partial charge in [0.05, 0.1) is 10.7 Å². The second-order valence-electron chi connectivity index (χ2n) is 2.88. The molecule has 0 spiro atoms. The Bertz CT molecular complexity index is 394. The minimum absolute atomic E-state index is 0.00227. The molecule has 1 unspecified atom stereocenters. The summed E-state index contributed by atoms with van der Waals surface area (Å²) in [6.07, 6.45) is 1.50. The normalized spacial score (nSPS) is 13.0. The van der Waals surface area contributed by atoms with Gasteiger partial charge in [-0.1, -0.05) is 0 Å². The van der Waals surface area contributed by atoms with Gasteiger partial charge in [0.2, 0.25) is 0 Å². The molecule has 0 aromatic carbocycles. The van der Waals surface area contributed by atoms with Gasteiger partial charge in [-0.25, -0.2) is 9.97 Å². The molecule has 2 heterocycles. The second kappa shape index (κ2) is 3.85. The SMILES string of the molecule is CNC(c1csc(C)n1)c1ncn[nH]1. The van der Waals surface area contributed by atoms with E-state index in [0.29, 0.717) is 0 Å². The fourth-order valence-electron chi connectivity index (χ4n) is 1.29. The van der Waals surface area contributed by atoms with Gasteiger partial charge in [0.15, 0.2) is 0 Å². The molecule has 2 aromatic rings. The molecule has 0 aliphatic rings. The average Bonchev–Trinajstić information content (AvgIpc) is 2.79. The zero-order valence-corrected chi connectivity index (χ0v) is 8.80. The summed E-state index contributed by atoms with van der Waals surface area (Å²) in [5.74, 6) is 0.790. The number of aromatic nitrogens is 4. The van der Waals surface area contributed by atoms with E-state index in [1.165, 1.54) is 6.33 Å². The Morgan fingerprint density at radius 3 is 2.93 bits per heavy atom. The van der Waals surface area contributed by atoms with E-state index in [-0.39, 0.29) is 6.04 Å². The van der Waals surface area contributed by atoms with Crippen molar-refractivity contribution in [1.29, 1.82) is 0 Å². The molecule has 0 saturated heterocycles. The molecular weight excluding hydrogens is 198 g/mol. The summed E-state index contributed by atoms with van der Waals surface area (Å²) >= 11 is 1.63. The van der Waals surface area contributed by atoms with Crippen LogP contribution in [0.15, 0.2) is 11.7 Å². The number of nitrogens with zero attached hydrogens (tertiary/aromatic N) is 3. The van der Waals surface area contributed by atoms with Crippen LogP contribution in [-0.4, -0.2) is 27.2 Å². The van der Waals surface area contributed by atoms with E-state index in [1.807, 2.05) is 19.4 Å². The third-order valence-electron chi connectivity index (χ3n) is 1.93. The largest absolute Gasteiger partial charge is 0.305 e. The zero-order valence-electron chi connectivity index (χ0n) is 7.98. The molecule has 1 atom stereocenters. The third-order valence-corrected chi connectivity index (χ3v) is 2.72. The quantitative estimate of drug-likeness (QED) is 0.787. The molecule has 74 valence electrons. The van der Waals surface area contributed by atoms with Gasteiger partial charge in [0.1, 0.15) is 18.2 Å². The van der Waals surface area contributed by atoms with Crippen LogP contribution in [0.4, 0.5) is 0 Å². The van der Waals surface area contributed by atoms with Crippen molar-refractivity contribution in [3.8, 4) is 0 Å². The summed E-state index contributed by atoms with van der Waals surface area (Å²) in [5, 5.41) is 12.9. The topological polar surface area (TPSA) is 66.5 Å². The lowest BCUT2D eigenvalue weighted by molar-refractivity contribution is 0.635. The fraction of sp³-hybridized carbons (Fsp3) is 0.375. The summed E-state index contributed by atoms with van der Waals surface area (Å²) in [6.45, 7) is 1.99. The maximum absolute atomic E-state index is 4.41. The summed E-state index contributed by atoms with van der Waals surface area (Å²) in [7, 11) is 1.88. The average molecular weight is 209 g/mol. The minimum atomic E-state index is 0.00227. The lowest BCUT2D eigenvalue weighted by Crippen LogP contribution is -2.19. The molecule has 5 nitrogen and oxygen atoms in total.